The summed E-state index contributed by atoms with van der Waals surface area (Å²) in [7, 11) is 0. The lowest BCUT2D eigenvalue weighted by atomic mass is 10.2. The standard InChI is InChI=1S/C12H18N2S/c1-4-14(5-2)12(13-15-3)11-9-7-6-8-10-11/h6-10H,4-5H2,1-3H3. The molecule has 0 aromatic heterocycles. The van der Waals surface area contributed by atoms with Gasteiger partial charge in [0.1, 0.15) is 5.84 Å². The Balaban J connectivity index is 2.98. The lowest BCUT2D eigenvalue weighted by molar-refractivity contribution is 0.468. The molecule has 0 aliphatic heterocycles. The predicted octanol–water partition coefficient (Wildman–Crippen LogP) is 3.05. The first-order chi connectivity index (χ1) is 7.33. The van der Waals surface area contributed by atoms with Crippen LogP contribution in [0.3, 0.4) is 0 Å². The monoisotopic (exact) mass is 222 g/mol. The number of nitrogens with zero attached hydrogens (tertiary/aromatic N) is 2. The average Bonchev–Trinajstić information content (AvgIpc) is 2.30. The molecular formula is C12H18N2S. The van der Waals surface area contributed by atoms with Gasteiger partial charge in [0.2, 0.25) is 0 Å². The summed E-state index contributed by atoms with van der Waals surface area (Å²) >= 11 is 1.51. The van der Waals surface area contributed by atoms with E-state index in [1.807, 2.05) is 12.3 Å². The molecule has 15 heavy (non-hydrogen) atoms. The van der Waals surface area contributed by atoms with Gasteiger partial charge in [0.15, 0.2) is 0 Å². The molecule has 0 N–H and O–H groups in total. The molecule has 1 rings (SSSR count). The first kappa shape index (κ1) is 12.1. The molecule has 0 aliphatic rings. The van der Waals surface area contributed by atoms with Gasteiger partial charge in [-0.1, -0.05) is 30.3 Å². The smallest absolute Gasteiger partial charge is 0.143 e. The van der Waals surface area contributed by atoms with Gasteiger partial charge in [0.05, 0.1) is 0 Å². The van der Waals surface area contributed by atoms with Crippen molar-refractivity contribution >= 4 is 17.8 Å². The SMILES string of the molecule is CCN(CC)C(=NSC)c1ccccc1. The van der Waals surface area contributed by atoms with E-state index in [1.165, 1.54) is 17.5 Å². The van der Waals surface area contributed by atoms with Crippen molar-refractivity contribution < 1.29 is 0 Å². The van der Waals surface area contributed by atoms with E-state index in [-0.39, 0.29) is 0 Å². The Morgan fingerprint density at radius 1 is 1.20 bits per heavy atom. The summed E-state index contributed by atoms with van der Waals surface area (Å²) in [6, 6.07) is 10.3. The van der Waals surface area contributed by atoms with E-state index in [0.717, 1.165) is 18.9 Å². The van der Waals surface area contributed by atoms with Crippen LogP contribution in [0.5, 0.6) is 0 Å². The Morgan fingerprint density at radius 3 is 2.27 bits per heavy atom. The van der Waals surface area contributed by atoms with E-state index in [0.29, 0.717) is 0 Å². The van der Waals surface area contributed by atoms with Gasteiger partial charge in [-0.05, 0) is 25.8 Å². The number of hydrogen-bond donors (Lipinski definition) is 0. The van der Waals surface area contributed by atoms with Gasteiger partial charge >= 0.3 is 0 Å². The molecule has 82 valence electrons. The lowest BCUT2D eigenvalue weighted by Gasteiger charge is -2.22. The van der Waals surface area contributed by atoms with Crippen LogP contribution in [0, 0.1) is 0 Å². The predicted molar refractivity (Wildman–Crippen MR) is 69.4 cm³/mol. The molecule has 0 saturated carbocycles. The van der Waals surface area contributed by atoms with Crippen LogP contribution < -0.4 is 0 Å². The van der Waals surface area contributed by atoms with Crippen LogP contribution in [0.15, 0.2) is 34.7 Å². The van der Waals surface area contributed by atoms with Crippen molar-refractivity contribution in [2.24, 2.45) is 4.40 Å². The van der Waals surface area contributed by atoms with Crippen molar-refractivity contribution in [2.45, 2.75) is 13.8 Å². The second kappa shape index (κ2) is 6.51. The van der Waals surface area contributed by atoms with Crippen molar-refractivity contribution in [3.63, 3.8) is 0 Å². The molecule has 0 radical (unpaired) electrons. The first-order valence-electron chi connectivity index (χ1n) is 5.25. The summed E-state index contributed by atoms with van der Waals surface area (Å²) in [6.45, 7) is 6.29. The largest absolute Gasteiger partial charge is 0.356 e. The van der Waals surface area contributed by atoms with Crippen LogP contribution in [0.25, 0.3) is 0 Å². The van der Waals surface area contributed by atoms with Crippen LogP contribution in [0.1, 0.15) is 19.4 Å². The average molecular weight is 222 g/mol. The summed E-state index contributed by atoms with van der Waals surface area (Å²) < 4.78 is 4.50. The maximum absolute atomic E-state index is 4.50. The fraction of sp³-hybridized carbons (Fsp3) is 0.417. The molecule has 0 atom stereocenters. The van der Waals surface area contributed by atoms with Crippen molar-refractivity contribution in [3.8, 4) is 0 Å². The summed E-state index contributed by atoms with van der Waals surface area (Å²) in [5.74, 6) is 1.08. The van der Waals surface area contributed by atoms with E-state index in [1.54, 1.807) is 0 Å². The third-order valence-corrected chi connectivity index (χ3v) is 2.63. The van der Waals surface area contributed by atoms with Gasteiger partial charge in [0.25, 0.3) is 0 Å². The van der Waals surface area contributed by atoms with Gasteiger partial charge in [0, 0.05) is 24.9 Å². The molecule has 0 amide bonds. The third-order valence-electron chi connectivity index (χ3n) is 2.27. The van der Waals surface area contributed by atoms with E-state index in [2.05, 4.69) is 47.4 Å². The molecule has 0 heterocycles. The van der Waals surface area contributed by atoms with Crippen LogP contribution in [-0.2, 0) is 0 Å². The third kappa shape index (κ3) is 3.27. The molecule has 0 aliphatic carbocycles. The molecule has 2 nitrogen and oxygen atoms in total. The summed E-state index contributed by atoms with van der Waals surface area (Å²) in [6.07, 6.45) is 1.99. The van der Waals surface area contributed by atoms with Crippen molar-refractivity contribution in [1.29, 1.82) is 0 Å². The molecule has 1 aromatic rings. The Labute approximate surface area is 96.5 Å². The first-order valence-corrected chi connectivity index (χ1v) is 6.43. The number of rotatable bonds is 4. The molecule has 0 bridgehead atoms. The van der Waals surface area contributed by atoms with Gasteiger partial charge in [-0.2, -0.15) is 4.40 Å². The Hall–Kier alpha value is -0.960. The maximum Gasteiger partial charge on any atom is 0.143 e. The number of benzene rings is 1. The fourth-order valence-electron chi connectivity index (χ4n) is 1.49. The molecule has 3 heteroatoms. The highest BCUT2D eigenvalue weighted by atomic mass is 32.2. The van der Waals surface area contributed by atoms with Gasteiger partial charge in [-0.3, -0.25) is 0 Å². The molecule has 1 aromatic carbocycles. The second-order valence-electron chi connectivity index (χ2n) is 3.14. The van der Waals surface area contributed by atoms with Crippen LogP contribution in [0.2, 0.25) is 0 Å². The highest BCUT2D eigenvalue weighted by Crippen LogP contribution is 2.09. The summed E-state index contributed by atoms with van der Waals surface area (Å²) in [5, 5.41) is 0. The van der Waals surface area contributed by atoms with Gasteiger partial charge in [-0.25, -0.2) is 0 Å². The van der Waals surface area contributed by atoms with Crippen LogP contribution in [-0.4, -0.2) is 30.1 Å². The van der Waals surface area contributed by atoms with E-state index in [4.69, 9.17) is 0 Å². The van der Waals surface area contributed by atoms with Crippen LogP contribution in [0.4, 0.5) is 0 Å². The highest BCUT2D eigenvalue weighted by molar-refractivity contribution is 7.97. The van der Waals surface area contributed by atoms with E-state index >= 15 is 0 Å². The number of hydrogen-bond acceptors (Lipinski definition) is 2. The maximum atomic E-state index is 4.50. The Kier molecular flexibility index (Phi) is 5.26. The van der Waals surface area contributed by atoms with Crippen LogP contribution >= 0.6 is 11.9 Å². The quantitative estimate of drug-likeness (QED) is 0.442. The summed E-state index contributed by atoms with van der Waals surface area (Å²) in [4.78, 5) is 2.27. The van der Waals surface area contributed by atoms with E-state index in [9.17, 15) is 0 Å². The molecule has 0 saturated heterocycles. The molecular weight excluding hydrogens is 204 g/mol. The normalized spacial score (nSPS) is 11.5. The number of amidine groups is 1. The topological polar surface area (TPSA) is 15.6 Å². The van der Waals surface area contributed by atoms with Gasteiger partial charge in [-0.15, -0.1) is 0 Å². The van der Waals surface area contributed by atoms with Crippen molar-refractivity contribution in [2.75, 3.05) is 19.3 Å². The minimum absolute atomic E-state index is 0.991. The zero-order chi connectivity index (χ0) is 11.1. The molecule has 0 unspecified atom stereocenters. The minimum atomic E-state index is 0.991. The van der Waals surface area contributed by atoms with Gasteiger partial charge < -0.3 is 4.90 Å². The fourth-order valence-corrected chi connectivity index (χ4v) is 1.88. The highest BCUT2D eigenvalue weighted by Gasteiger charge is 2.09. The molecule has 0 fully saturated rings. The zero-order valence-electron chi connectivity index (χ0n) is 9.60. The lowest BCUT2D eigenvalue weighted by Crippen LogP contribution is -2.31. The summed E-state index contributed by atoms with van der Waals surface area (Å²) in [5.41, 5.74) is 1.19. The second-order valence-corrected chi connectivity index (χ2v) is 3.68. The Bertz CT molecular complexity index is 305. The van der Waals surface area contributed by atoms with E-state index < -0.39 is 0 Å². The van der Waals surface area contributed by atoms with Crippen molar-refractivity contribution in [1.82, 2.24) is 4.90 Å². The molecule has 0 spiro atoms. The Morgan fingerprint density at radius 2 is 1.80 bits per heavy atom. The minimum Gasteiger partial charge on any atom is -0.356 e. The zero-order valence-corrected chi connectivity index (χ0v) is 10.4. The van der Waals surface area contributed by atoms with Crippen molar-refractivity contribution in [3.05, 3.63) is 35.9 Å².